The first kappa shape index (κ1) is 13.1. The van der Waals surface area contributed by atoms with E-state index < -0.39 is 9.84 Å². The first-order valence-electron chi connectivity index (χ1n) is 5.76. The Morgan fingerprint density at radius 1 is 1.10 bits per heavy atom. The van der Waals surface area contributed by atoms with Crippen molar-refractivity contribution in [1.29, 1.82) is 0 Å². The minimum absolute atomic E-state index is 0.271. The topological polar surface area (TPSA) is 64.3 Å². The molecule has 0 radical (unpaired) electrons. The van der Waals surface area contributed by atoms with E-state index in [2.05, 4.69) is 10.2 Å². The lowest BCUT2D eigenvalue weighted by Gasteiger charge is -2.02. The molecule has 2 heterocycles. The summed E-state index contributed by atoms with van der Waals surface area (Å²) in [6.45, 7) is 0. The van der Waals surface area contributed by atoms with E-state index in [1.165, 1.54) is 6.26 Å². The lowest BCUT2D eigenvalue weighted by atomic mass is 10.2. The van der Waals surface area contributed by atoms with E-state index in [1.54, 1.807) is 47.0 Å². The van der Waals surface area contributed by atoms with Crippen molar-refractivity contribution in [3.8, 4) is 11.4 Å². The number of nitrogens with zero attached hydrogens (tertiary/aromatic N) is 3. The highest BCUT2D eigenvalue weighted by molar-refractivity contribution is 7.90. The lowest BCUT2D eigenvalue weighted by molar-refractivity contribution is 0.602. The third kappa shape index (κ3) is 2.17. The average Bonchev–Trinajstić information content (AvgIpc) is 2.83. The molecule has 0 saturated carbocycles. The van der Waals surface area contributed by atoms with Crippen LogP contribution in [0.3, 0.4) is 0 Å². The van der Waals surface area contributed by atoms with Crippen LogP contribution in [0.4, 0.5) is 0 Å². The SMILES string of the molecule is CS(=O)(=O)c1ccc(-c2nnc3c(Cl)cccn23)cc1. The molecule has 0 aliphatic rings. The predicted octanol–water partition coefficient (Wildman–Crippen LogP) is 2.45. The highest BCUT2D eigenvalue weighted by Crippen LogP contribution is 2.23. The second-order valence-corrected chi connectivity index (χ2v) is 6.79. The molecule has 102 valence electrons. The summed E-state index contributed by atoms with van der Waals surface area (Å²) in [5.41, 5.74) is 1.34. The van der Waals surface area contributed by atoms with Crippen LogP contribution in [-0.2, 0) is 9.84 Å². The lowest BCUT2D eigenvalue weighted by Crippen LogP contribution is -1.97. The highest BCUT2D eigenvalue weighted by atomic mass is 35.5. The Labute approximate surface area is 120 Å². The maximum Gasteiger partial charge on any atom is 0.179 e. The van der Waals surface area contributed by atoms with Gasteiger partial charge in [-0.2, -0.15) is 0 Å². The maximum absolute atomic E-state index is 11.4. The highest BCUT2D eigenvalue weighted by Gasteiger charge is 2.12. The molecular formula is C13H10ClN3O2S. The van der Waals surface area contributed by atoms with Crippen molar-refractivity contribution in [2.24, 2.45) is 0 Å². The quantitative estimate of drug-likeness (QED) is 0.729. The van der Waals surface area contributed by atoms with E-state index in [1.807, 2.05) is 0 Å². The molecule has 0 aliphatic heterocycles. The largest absolute Gasteiger partial charge is 0.281 e. The van der Waals surface area contributed by atoms with Gasteiger partial charge in [0.15, 0.2) is 21.3 Å². The number of hydrogen-bond donors (Lipinski definition) is 0. The summed E-state index contributed by atoms with van der Waals surface area (Å²) in [5, 5.41) is 8.64. The Bertz CT molecular complexity index is 886. The number of benzene rings is 1. The first-order chi connectivity index (χ1) is 9.47. The Morgan fingerprint density at radius 2 is 1.80 bits per heavy atom. The van der Waals surface area contributed by atoms with Crippen LogP contribution in [0.25, 0.3) is 17.0 Å². The second kappa shape index (κ2) is 4.57. The Hall–Kier alpha value is -1.92. The van der Waals surface area contributed by atoms with Gasteiger partial charge in [-0.3, -0.25) is 4.40 Å². The molecule has 0 aliphatic carbocycles. The summed E-state index contributed by atoms with van der Waals surface area (Å²) in [6.07, 6.45) is 2.98. The molecule has 0 amide bonds. The van der Waals surface area contributed by atoms with Gasteiger partial charge in [-0.25, -0.2) is 8.42 Å². The van der Waals surface area contributed by atoms with Crippen LogP contribution in [0.5, 0.6) is 0 Å². The van der Waals surface area contributed by atoms with Crippen LogP contribution >= 0.6 is 11.6 Å². The van der Waals surface area contributed by atoms with E-state index >= 15 is 0 Å². The fraction of sp³-hybridized carbons (Fsp3) is 0.0769. The molecule has 0 atom stereocenters. The molecule has 0 spiro atoms. The molecule has 0 unspecified atom stereocenters. The molecular weight excluding hydrogens is 298 g/mol. The summed E-state index contributed by atoms with van der Waals surface area (Å²) < 4.78 is 24.6. The number of pyridine rings is 1. The standard InChI is InChI=1S/C13H10ClN3O2S/c1-20(18,19)10-6-4-9(5-7-10)12-15-16-13-11(14)3-2-8-17(12)13/h2-8H,1H3. The van der Waals surface area contributed by atoms with Crippen molar-refractivity contribution in [2.45, 2.75) is 4.90 Å². The van der Waals surface area contributed by atoms with Crippen LogP contribution in [0.15, 0.2) is 47.5 Å². The summed E-state index contributed by atoms with van der Waals surface area (Å²) in [5.74, 6) is 0.613. The molecule has 3 aromatic rings. The number of sulfone groups is 1. The normalized spacial score (nSPS) is 11.9. The van der Waals surface area contributed by atoms with Crippen LogP contribution in [-0.4, -0.2) is 29.3 Å². The maximum atomic E-state index is 11.4. The number of fused-ring (bicyclic) bond motifs is 1. The van der Waals surface area contributed by atoms with Gasteiger partial charge < -0.3 is 0 Å². The zero-order valence-corrected chi connectivity index (χ0v) is 12.1. The van der Waals surface area contributed by atoms with Gasteiger partial charge in [0.1, 0.15) is 0 Å². The number of halogens is 1. The van der Waals surface area contributed by atoms with Crippen molar-refractivity contribution >= 4 is 27.1 Å². The van der Waals surface area contributed by atoms with Gasteiger partial charge in [0, 0.05) is 18.0 Å². The summed E-state index contributed by atoms with van der Waals surface area (Å²) in [4.78, 5) is 0.271. The van der Waals surface area contributed by atoms with Crippen molar-refractivity contribution in [2.75, 3.05) is 6.26 Å². The van der Waals surface area contributed by atoms with Crippen LogP contribution in [0.2, 0.25) is 5.02 Å². The van der Waals surface area contributed by atoms with E-state index in [0.717, 1.165) is 5.56 Å². The molecule has 3 rings (SSSR count). The van der Waals surface area contributed by atoms with E-state index in [9.17, 15) is 8.42 Å². The third-order valence-corrected chi connectivity index (χ3v) is 4.35. The molecule has 0 saturated heterocycles. The van der Waals surface area contributed by atoms with Crippen LogP contribution in [0, 0.1) is 0 Å². The van der Waals surface area contributed by atoms with Crippen LogP contribution in [0.1, 0.15) is 0 Å². The van der Waals surface area contributed by atoms with Gasteiger partial charge in [-0.15, -0.1) is 10.2 Å². The summed E-state index contributed by atoms with van der Waals surface area (Å²) >= 11 is 6.04. The monoisotopic (exact) mass is 307 g/mol. The van der Waals surface area contributed by atoms with Crippen molar-refractivity contribution < 1.29 is 8.42 Å². The van der Waals surface area contributed by atoms with E-state index in [-0.39, 0.29) is 4.90 Å². The first-order valence-corrected chi connectivity index (χ1v) is 8.03. The van der Waals surface area contributed by atoms with E-state index in [4.69, 9.17) is 11.6 Å². The second-order valence-electron chi connectivity index (χ2n) is 4.37. The zero-order chi connectivity index (χ0) is 14.3. The molecule has 0 N–H and O–H groups in total. The molecule has 7 heteroatoms. The van der Waals surface area contributed by atoms with Crippen molar-refractivity contribution in [3.63, 3.8) is 0 Å². The minimum Gasteiger partial charge on any atom is -0.281 e. The van der Waals surface area contributed by atoms with Crippen molar-refractivity contribution in [1.82, 2.24) is 14.6 Å². The van der Waals surface area contributed by atoms with Gasteiger partial charge in [-0.1, -0.05) is 11.6 Å². The Kier molecular flexibility index (Phi) is 2.99. The fourth-order valence-electron chi connectivity index (χ4n) is 1.93. The third-order valence-electron chi connectivity index (χ3n) is 2.93. The van der Waals surface area contributed by atoms with Crippen molar-refractivity contribution in [3.05, 3.63) is 47.6 Å². The smallest absolute Gasteiger partial charge is 0.179 e. The van der Waals surface area contributed by atoms with Gasteiger partial charge in [-0.05, 0) is 36.4 Å². The number of hydrogen-bond acceptors (Lipinski definition) is 4. The fourth-order valence-corrected chi connectivity index (χ4v) is 2.76. The summed E-state index contributed by atoms with van der Waals surface area (Å²) in [6, 6.07) is 10.0. The Morgan fingerprint density at radius 3 is 2.45 bits per heavy atom. The minimum atomic E-state index is -3.20. The van der Waals surface area contributed by atoms with Gasteiger partial charge in [0.25, 0.3) is 0 Å². The zero-order valence-electron chi connectivity index (χ0n) is 10.5. The molecule has 20 heavy (non-hydrogen) atoms. The summed E-state index contributed by atoms with van der Waals surface area (Å²) in [7, 11) is -3.20. The van der Waals surface area contributed by atoms with Gasteiger partial charge in [0.2, 0.25) is 0 Å². The Balaban J connectivity index is 2.14. The molecule has 1 aromatic carbocycles. The van der Waals surface area contributed by atoms with Crippen LogP contribution < -0.4 is 0 Å². The number of rotatable bonds is 2. The molecule has 2 aromatic heterocycles. The average molecular weight is 308 g/mol. The van der Waals surface area contributed by atoms with Gasteiger partial charge in [0.05, 0.1) is 9.92 Å². The molecule has 5 nitrogen and oxygen atoms in total. The molecule has 0 bridgehead atoms. The van der Waals surface area contributed by atoms with E-state index in [0.29, 0.717) is 16.5 Å². The van der Waals surface area contributed by atoms with Gasteiger partial charge >= 0.3 is 0 Å². The predicted molar refractivity (Wildman–Crippen MR) is 76.5 cm³/mol. The number of aromatic nitrogens is 3. The molecule has 0 fully saturated rings.